The Kier molecular flexibility index (Phi) is 4.47. The molecule has 0 radical (unpaired) electrons. The molecule has 3 aromatic rings. The predicted octanol–water partition coefficient (Wildman–Crippen LogP) is 2.37. The number of ether oxygens (including phenoxy) is 1. The van der Waals surface area contributed by atoms with Crippen molar-refractivity contribution in [2.24, 2.45) is 0 Å². The van der Waals surface area contributed by atoms with Crippen LogP contribution >= 0.6 is 0 Å². The van der Waals surface area contributed by atoms with Crippen molar-refractivity contribution in [1.82, 2.24) is 20.0 Å². The molecule has 7 nitrogen and oxygen atoms in total. The molecule has 2 aromatic heterocycles. The number of halogens is 1. The molecule has 8 heteroatoms. The number of nitrogens with zero attached hydrogens (tertiary/aromatic N) is 4. The van der Waals surface area contributed by atoms with Gasteiger partial charge in [0.25, 0.3) is 0 Å². The van der Waals surface area contributed by atoms with Gasteiger partial charge in [-0.25, -0.2) is 14.4 Å². The molecule has 0 saturated carbocycles. The van der Waals surface area contributed by atoms with E-state index in [1.165, 1.54) is 0 Å². The van der Waals surface area contributed by atoms with Crippen LogP contribution in [-0.4, -0.2) is 45.1 Å². The molecule has 1 aliphatic heterocycles. The van der Waals surface area contributed by atoms with Crippen LogP contribution in [0.1, 0.15) is 18.5 Å². The van der Waals surface area contributed by atoms with Gasteiger partial charge in [0.2, 0.25) is 5.91 Å². The molecule has 0 spiro atoms. The summed E-state index contributed by atoms with van der Waals surface area (Å²) in [6.45, 7) is 1.11. The number of piperidine rings is 1. The van der Waals surface area contributed by atoms with E-state index in [1.807, 2.05) is 24.3 Å². The Labute approximate surface area is 148 Å². The van der Waals surface area contributed by atoms with E-state index in [9.17, 15) is 9.18 Å². The van der Waals surface area contributed by atoms with Crippen molar-refractivity contribution >= 4 is 16.9 Å². The number of carbonyl (C=O) groups is 1. The highest BCUT2D eigenvalue weighted by Gasteiger charge is 2.26. The monoisotopic (exact) mass is 356 g/mol. The van der Waals surface area contributed by atoms with Crippen molar-refractivity contribution in [2.75, 3.05) is 13.1 Å². The molecular weight excluding hydrogens is 339 g/mol. The summed E-state index contributed by atoms with van der Waals surface area (Å²) in [5, 5.41) is 4.87. The zero-order valence-corrected chi connectivity index (χ0v) is 14.0. The summed E-state index contributed by atoms with van der Waals surface area (Å²) in [5.41, 5.74) is 1.30. The van der Waals surface area contributed by atoms with Crippen LogP contribution in [-0.2, 0) is 11.2 Å². The number of carbonyl (C=O) groups excluding carboxylic acids is 1. The summed E-state index contributed by atoms with van der Waals surface area (Å²) in [7, 11) is 0. The number of hydrogen-bond donors (Lipinski definition) is 0. The average molecular weight is 356 g/mol. The lowest BCUT2D eigenvalue weighted by Gasteiger charge is -2.32. The van der Waals surface area contributed by atoms with E-state index in [-0.39, 0.29) is 24.4 Å². The molecule has 1 unspecified atom stereocenters. The first kappa shape index (κ1) is 16.4. The van der Waals surface area contributed by atoms with Crippen LogP contribution in [0.5, 0.6) is 6.01 Å². The maximum absolute atomic E-state index is 12.9. The Bertz CT molecular complexity index is 912. The predicted molar refractivity (Wildman–Crippen MR) is 89.9 cm³/mol. The van der Waals surface area contributed by atoms with Gasteiger partial charge in [0, 0.05) is 11.9 Å². The molecule has 0 aliphatic carbocycles. The van der Waals surface area contributed by atoms with Gasteiger partial charge in [-0.15, -0.1) is 0 Å². The first-order valence-corrected chi connectivity index (χ1v) is 8.44. The Morgan fingerprint density at radius 2 is 2.12 bits per heavy atom. The number of rotatable bonds is 4. The van der Waals surface area contributed by atoms with Crippen LogP contribution in [0.15, 0.2) is 41.2 Å². The van der Waals surface area contributed by atoms with Gasteiger partial charge < -0.3 is 14.2 Å². The molecule has 1 amide bonds. The van der Waals surface area contributed by atoms with Gasteiger partial charge in [0.1, 0.15) is 11.8 Å². The highest BCUT2D eigenvalue weighted by atomic mass is 19.1. The highest BCUT2D eigenvalue weighted by molar-refractivity contribution is 5.86. The minimum Gasteiger partial charge on any atom is -0.458 e. The lowest BCUT2D eigenvalue weighted by atomic mass is 10.1. The normalized spacial score (nSPS) is 17.4. The Morgan fingerprint density at radius 1 is 1.31 bits per heavy atom. The van der Waals surface area contributed by atoms with Crippen molar-refractivity contribution in [3.05, 3.63) is 48.2 Å². The molecule has 1 fully saturated rings. The number of benzene rings is 1. The number of fused-ring (bicyclic) bond motifs is 1. The fourth-order valence-corrected chi connectivity index (χ4v) is 3.09. The van der Waals surface area contributed by atoms with Crippen LogP contribution in [0, 0.1) is 5.82 Å². The molecule has 1 atom stereocenters. The first-order valence-electron chi connectivity index (χ1n) is 8.44. The van der Waals surface area contributed by atoms with Crippen molar-refractivity contribution in [1.29, 1.82) is 0 Å². The minimum atomic E-state index is -0.516. The van der Waals surface area contributed by atoms with Gasteiger partial charge in [-0.1, -0.05) is 17.3 Å². The van der Waals surface area contributed by atoms with E-state index in [4.69, 9.17) is 9.26 Å². The SMILES string of the molecule is O=C(Cc1noc2ccccc12)N1CCCC(Oc2ncc(F)cn2)C1. The van der Waals surface area contributed by atoms with E-state index < -0.39 is 5.82 Å². The quantitative estimate of drug-likeness (QED) is 0.714. The third-order valence-electron chi connectivity index (χ3n) is 4.37. The number of amides is 1. The van der Waals surface area contributed by atoms with Crippen molar-refractivity contribution < 1.29 is 18.4 Å². The fraction of sp³-hybridized carbons (Fsp3) is 0.333. The largest absolute Gasteiger partial charge is 0.458 e. The fourth-order valence-electron chi connectivity index (χ4n) is 3.09. The number of aromatic nitrogens is 3. The van der Waals surface area contributed by atoms with Gasteiger partial charge in [-0.2, -0.15) is 0 Å². The van der Waals surface area contributed by atoms with Crippen LogP contribution in [0.3, 0.4) is 0 Å². The Morgan fingerprint density at radius 3 is 2.96 bits per heavy atom. The third kappa shape index (κ3) is 3.49. The van der Waals surface area contributed by atoms with Gasteiger partial charge in [-0.05, 0) is 25.0 Å². The molecule has 4 rings (SSSR count). The van der Waals surface area contributed by atoms with Crippen molar-refractivity contribution in [3.8, 4) is 6.01 Å². The zero-order chi connectivity index (χ0) is 17.9. The van der Waals surface area contributed by atoms with E-state index in [2.05, 4.69) is 15.1 Å². The van der Waals surface area contributed by atoms with Gasteiger partial charge in [0.05, 0.1) is 25.4 Å². The molecule has 1 aliphatic rings. The summed E-state index contributed by atoms with van der Waals surface area (Å²) >= 11 is 0. The van der Waals surface area contributed by atoms with Gasteiger partial charge >= 0.3 is 6.01 Å². The van der Waals surface area contributed by atoms with E-state index in [0.29, 0.717) is 24.4 Å². The Hall–Kier alpha value is -3.03. The standard InChI is InChI=1S/C18H17FN4O3/c19-12-9-20-18(21-10-12)25-13-4-3-7-23(11-13)17(24)8-15-14-5-1-2-6-16(14)26-22-15/h1-2,5-6,9-10,13H,3-4,7-8,11H2. The first-order chi connectivity index (χ1) is 12.7. The second-order valence-electron chi connectivity index (χ2n) is 6.21. The van der Waals surface area contributed by atoms with Crippen molar-refractivity contribution in [3.63, 3.8) is 0 Å². The van der Waals surface area contributed by atoms with Crippen molar-refractivity contribution in [2.45, 2.75) is 25.4 Å². The third-order valence-corrected chi connectivity index (χ3v) is 4.37. The molecule has 3 heterocycles. The van der Waals surface area contributed by atoms with Crippen LogP contribution in [0.25, 0.3) is 11.0 Å². The molecule has 1 saturated heterocycles. The van der Waals surface area contributed by atoms with E-state index in [0.717, 1.165) is 30.6 Å². The maximum atomic E-state index is 12.9. The summed E-state index contributed by atoms with van der Waals surface area (Å²) in [6.07, 6.45) is 3.69. The minimum absolute atomic E-state index is 0.0302. The molecular formula is C18H17FN4O3. The Balaban J connectivity index is 1.40. The smallest absolute Gasteiger partial charge is 0.316 e. The lowest BCUT2D eigenvalue weighted by molar-refractivity contribution is -0.133. The summed E-state index contributed by atoms with van der Waals surface area (Å²) in [4.78, 5) is 22.0. The van der Waals surface area contributed by atoms with Crippen LogP contribution in [0.4, 0.5) is 4.39 Å². The molecule has 1 aromatic carbocycles. The summed E-state index contributed by atoms with van der Waals surface area (Å²) in [6, 6.07) is 7.59. The van der Waals surface area contributed by atoms with Gasteiger partial charge in [-0.3, -0.25) is 4.79 Å². The topological polar surface area (TPSA) is 81.4 Å². The van der Waals surface area contributed by atoms with E-state index >= 15 is 0 Å². The van der Waals surface area contributed by atoms with Crippen LogP contribution in [0.2, 0.25) is 0 Å². The number of likely N-dealkylation sites (tertiary alicyclic amines) is 1. The lowest BCUT2D eigenvalue weighted by Crippen LogP contribution is -2.45. The molecule has 0 bridgehead atoms. The second kappa shape index (κ2) is 7.07. The summed E-state index contributed by atoms with van der Waals surface area (Å²) in [5.74, 6) is -0.546. The second-order valence-corrected chi connectivity index (χ2v) is 6.21. The van der Waals surface area contributed by atoms with Crippen LogP contribution < -0.4 is 4.74 Å². The zero-order valence-electron chi connectivity index (χ0n) is 14.0. The summed E-state index contributed by atoms with van der Waals surface area (Å²) < 4.78 is 23.8. The number of hydrogen-bond acceptors (Lipinski definition) is 6. The maximum Gasteiger partial charge on any atom is 0.316 e. The molecule has 0 N–H and O–H groups in total. The number of para-hydroxylation sites is 1. The highest BCUT2D eigenvalue weighted by Crippen LogP contribution is 2.20. The molecule has 134 valence electrons. The molecule has 26 heavy (non-hydrogen) atoms. The average Bonchev–Trinajstić information content (AvgIpc) is 3.07. The van der Waals surface area contributed by atoms with E-state index in [1.54, 1.807) is 4.90 Å². The van der Waals surface area contributed by atoms with Gasteiger partial charge in [0.15, 0.2) is 11.4 Å².